The van der Waals surface area contributed by atoms with Crippen molar-refractivity contribution in [2.75, 3.05) is 39.3 Å². The highest BCUT2D eigenvalue weighted by atomic mass is 35.5. The van der Waals surface area contributed by atoms with Crippen LogP contribution in [0, 0.1) is 0 Å². The smallest absolute Gasteiger partial charge is 0.233 e. The summed E-state index contributed by atoms with van der Waals surface area (Å²) in [6.07, 6.45) is 3.28. The first-order chi connectivity index (χ1) is 10.8. The highest BCUT2D eigenvalue weighted by Crippen LogP contribution is 2.49. The molecule has 1 unspecified atom stereocenters. The number of nitrogens with one attached hydrogen (secondary N) is 1. The molecule has 1 atom stereocenters. The van der Waals surface area contributed by atoms with Crippen molar-refractivity contribution in [1.29, 1.82) is 0 Å². The molecule has 1 aromatic rings. The maximum Gasteiger partial charge on any atom is 0.233 e. The third kappa shape index (κ3) is 3.12. The summed E-state index contributed by atoms with van der Waals surface area (Å²) in [5.41, 5.74) is 1.01. The van der Waals surface area contributed by atoms with Gasteiger partial charge in [0.1, 0.15) is 0 Å². The van der Waals surface area contributed by atoms with E-state index in [1.807, 2.05) is 18.2 Å². The Hall–Kier alpha value is -1.10. The van der Waals surface area contributed by atoms with E-state index in [1.54, 1.807) is 0 Å². The Morgan fingerprint density at radius 1 is 1.09 bits per heavy atom. The molecule has 3 aliphatic rings. The summed E-state index contributed by atoms with van der Waals surface area (Å²) in [5.74, 6) is 0.364. The number of hydrogen-bond acceptors (Lipinski definition) is 3. The lowest BCUT2D eigenvalue weighted by Crippen LogP contribution is -2.54. The molecule has 0 aromatic heterocycles. The molecule has 0 radical (unpaired) electrons. The molecular weight excluding hydrogens is 310 g/mol. The van der Waals surface area contributed by atoms with Gasteiger partial charge in [0.15, 0.2) is 0 Å². The van der Waals surface area contributed by atoms with Crippen LogP contribution < -0.4 is 5.32 Å². The van der Waals surface area contributed by atoms with E-state index in [-0.39, 0.29) is 17.8 Å². The van der Waals surface area contributed by atoms with Gasteiger partial charge in [0.2, 0.25) is 5.91 Å². The predicted molar refractivity (Wildman–Crippen MR) is 94.0 cm³/mol. The molecule has 23 heavy (non-hydrogen) atoms. The lowest BCUT2D eigenvalue weighted by Gasteiger charge is -2.39. The molecule has 1 N–H and O–H groups in total. The molecule has 126 valence electrons. The molecular formula is C18H26ClN3O. The van der Waals surface area contributed by atoms with Crippen LogP contribution in [0.3, 0.4) is 0 Å². The van der Waals surface area contributed by atoms with Gasteiger partial charge in [0.25, 0.3) is 0 Å². The molecule has 1 amide bonds. The Labute approximate surface area is 144 Å². The van der Waals surface area contributed by atoms with E-state index in [9.17, 15) is 4.79 Å². The van der Waals surface area contributed by atoms with Gasteiger partial charge in [-0.05, 0) is 31.4 Å². The lowest BCUT2D eigenvalue weighted by atomic mass is 9.94. The zero-order chi connectivity index (χ0) is 15.0. The number of benzene rings is 1. The van der Waals surface area contributed by atoms with Crippen LogP contribution in [0.4, 0.5) is 0 Å². The Morgan fingerprint density at radius 2 is 1.78 bits per heavy atom. The number of piperazine rings is 1. The largest absolute Gasteiger partial charge is 0.339 e. The van der Waals surface area contributed by atoms with Crippen molar-refractivity contribution in [3.63, 3.8) is 0 Å². The number of carbonyl (C=O) groups is 1. The Bertz CT molecular complexity index is 532. The highest BCUT2D eigenvalue weighted by molar-refractivity contribution is 5.91. The van der Waals surface area contributed by atoms with E-state index in [1.165, 1.54) is 12.0 Å². The number of nitrogens with zero attached hydrogens (tertiary/aromatic N) is 2. The quantitative estimate of drug-likeness (QED) is 0.912. The van der Waals surface area contributed by atoms with Crippen molar-refractivity contribution < 1.29 is 4.79 Å². The van der Waals surface area contributed by atoms with E-state index in [4.69, 9.17) is 0 Å². The number of carbonyl (C=O) groups excluding carboxylic acids is 1. The topological polar surface area (TPSA) is 35.6 Å². The van der Waals surface area contributed by atoms with Crippen molar-refractivity contribution in [1.82, 2.24) is 15.1 Å². The van der Waals surface area contributed by atoms with Gasteiger partial charge in [-0.25, -0.2) is 0 Å². The van der Waals surface area contributed by atoms with E-state index >= 15 is 0 Å². The fraction of sp³-hybridized carbons (Fsp3) is 0.611. The van der Waals surface area contributed by atoms with Gasteiger partial charge >= 0.3 is 0 Å². The molecule has 5 heteroatoms. The summed E-state index contributed by atoms with van der Waals surface area (Å²) >= 11 is 0. The molecule has 1 saturated carbocycles. The number of hydrogen-bond donors (Lipinski definition) is 1. The third-order valence-corrected chi connectivity index (χ3v) is 5.64. The molecule has 2 saturated heterocycles. The van der Waals surface area contributed by atoms with Crippen LogP contribution in [0.1, 0.15) is 24.8 Å². The Kier molecular flexibility index (Phi) is 4.95. The first-order valence-electron chi connectivity index (χ1n) is 8.59. The number of halogens is 1. The average molecular weight is 336 g/mol. The second-order valence-corrected chi connectivity index (χ2v) is 6.92. The molecule has 2 heterocycles. The minimum Gasteiger partial charge on any atom is -0.339 e. The van der Waals surface area contributed by atoms with Gasteiger partial charge in [-0.3, -0.25) is 9.69 Å². The van der Waals surface area contributed by atoms with E-state index in [2.05, 4.69) is 27.2 Å². The van der Waals surface area contributed by atoms with Crippen molar-refractivity contribution in [2.45, 2.75) is 30.7 Å². The van der Waals surface area contributed by atoms with Gasteiger partial charge in [-0.15, -0.1) is 12.4 Å². The monoisotopic (exact) mass is 335 g/mol. The van der Waals surface area contributed by atoms with Crippen LogP contribution >= 0.6 is 12.4 Å². The Balaban J connectivity index is 0.00000156. The van der Waals surface area contributed by atoms with Crippen LogP contribution in [0.25, 0.3) is 0 Å². The second-order valence-electron chi connectivity index (χ2n) is 6.92. The Morgan fingerprint density at radius 3 is 2.35 bits per heavy atom. The minimum absolute atomic E-state index is 0. The molecule has 2 aliphatic heterocycles. The summed E-state index contributed by atoms with van der Waals surface area (Å²) in [5, 5.41) is 3.44. The normalized spacial score (nSPS) is 26.6. The summed E-state index contributed by atoms with van der Waals surface area (Å²) in [6.45, 7) is 6.10. The van der Waals surface area contributed by atoms with Crippen molar-refractivity contribution in [2.24, 2.45) is 0 Å². The first kappa shape index (κ1) is 16.7. The van der Waals surface area contributed by atoms with Crippen LogP contribution in [0.2, 0.25) is 0 Å². The van der Waals surface area contributed by atoms with Gasteiger partial charge in [0.05, 0.1) is 5.41 Å². The maximum absolute atomic E-state index is 13.0. The molecule has 3 fully saturated rings. The molecule has 0 bridgehead atoms. The fourth-order valence-corrected chi connectivity index (χ4v) is 4.05. The molecule has 1 aliphatic carbocycles. The van der Waals surface area contributed by atoms with Crippen molar-refractivity contribution in [3.8, 4) is 0 Å². The summed E-state index contributed by atoms with van der Waals surface area (Å²) in [7, 11) is 0. The SMILES string of the molecule is Cl.O=C(N1CCN(C2CCNC2)CC1)C1(c2ccccc2)CC1. The summed E-state index contributed by atoms with van der Waals surface area (Å²) in [4.78, 5) is 17.7. The van der Waals surface area contributed by atoms with E-state index in [0.717, 1.165) is 52.1 Å². The first-order valence-corrected chi connectivity index (χ1v) is 8.59. The van der Waals surface area contributed by atoms with Crippen LogP contribution in [-0.4, -0.2) is 61.0 Å². The van der Waals surface area contributed by atoms with Crippen LogP contribution in [-0.2, 0) is 10.2 Å². The van der Waals surface area contributed by atoms with Gasteiger partial charge in [-0.1, -0.05) is 30.3 Å². The third-order valence-electron chi connectivity index (χ3n) is 5.64. The zero-order valence-electron chi connectivity index (χ0n) is 13.5. The molecule has 4 rings (SSSR count). The molecule has 1 aromatic carbocycles. The second kappa shape index (κ2) is 6.80. The minimum atomic E-state index is -0.196. The van der Waals surface area contributed by atoms with Gasteiger partial charge in [0, 0.05) is 38.8 Å². The average Bonchev–Trinajstić information content (AvgIpc) is 3.22. The lowest BCUT2D eigenvalue weighted by molar-refractivity contribution is -0.136. The highest BCUT2D eigenvalue weighted by Gasteiger charge is 2.53. The summed E-state index contributed by atoms with van der Waals surface area (Å²) in [6, 6.07) is 11.0. The number of rotatable bonds is 3. The van der Waals surface area contributed by atoms with E-state index < -0.39 is 0 Å². The zero-order valence-corrected chi connectivity index (χ0v) is 14.4. The maximum atomic E-state index is 13.0. The van der Waals surface area contributed by atoms with Crippen LogP contribution in [0.5, 0.6) is 0 Å². The summed E-state index contributed by atoms with van der Waals surface area (Å²) < 4.78 is 0. The van der Waals surface area contributed by atoms with Crippen LogP contribution in [0.15, 0.2) is 30.3 Å². The van der Waals surface area contributed by atoms with Gasteiger partial charge in [-0.2, -0.15) is 0 Å². The predicted octanol–water partition coefficient (Wildman–Crippen LogP) is 1.65. The van der Waals surface area contributed by atoms with E-state index in [0.29, 0.717) is 11.9 Å². The van der Waals surface area contributed by atoms with Crippen molar-refractivity contribution in [3.05, 3.63) is 35.9 Å². The standard InChI is InChI=1S/C18H25N3O.ClH/c22-17(18(7-8-18)15-4-2-1-3-5-15)21-12-10-20(11-13-21)16-6-9-19-14-16;/h1-5,16,19H,6-14H2;1H. The number of amides is 1. The van der Waals surface area contributed by atoms with Gasteiger partial charge < -0.3 is 10.2 Å². The molecule has 4 nitrogen and oxygen atoms in total. The fourth-order valence-electron chi connectivity index (χ4n) is 4.05. The van der Waals surface area contributed by atoms with Crippen molar-refractivity contribution >= 4 is 18.3 Å². The molecule has 0 spiro atoms.